The lowest BCUT2D eigenvalue weighted by atomic mass is 10.2. The third-order valence-corrected chi connectivity index (χ3v) is 4.42. The molecule has 0 spiro atoms. The molecule has 1 amide bonds. The van der Waals surface area contributed by atoms with Crippen LogP contribution < -0.4 is 10.6 Å². The molecule has 1 heterocycles. The summed E-state index contributed by atoms with van der Waals surface area (Å²) >= 11 is 2.70. The number of aromatic nitrogens is 2. The number of nitriles is 1. The van der Waals surface area contributed by atoms with Gasteiger partial charge >= 0.3 is 0 Å². The molecular weight excluding hydrogens is 318 g/mol. The lowest BCUT2D eigenvalue weighted by Crippen LogP contribution is -2.13. The van der Waals surface area contributed by atoms with Crippen molar-refractivity contribution < 1.29 is 4.79 Å². The van der Waals surface area contributed by atoms with Gasteiger partial charge in [0.2, 0.25) is 11.0 Å². The summed E-state index contributed by atoms with van der Waals surface area (Å²) < 4.78 is 0.715. The Bertz CT molecular complexity index is 707. The molecule has 8 heteroatoms. The van der Waals surface area contributed by atoms with E-state index in [9.17, 15) is 4.79 Å². The normalized spacial score (nSPS) is 9.77. The van der Waals surface area contributed by atoms with Crippen molar-refractivity contribution >= 4 is 39.8 Å². The van der Waals surface area contributed by atoms with Crippen LogP contribution in [0.2, 0.25) is 0 Å². The number of hydrogen-bond donors (Lipinski definition) is 2. The van der Waals surface area contributed by atoms with Gasteiger partial charge in [0.1, 0.15) is 0 Å². The van der Waals surface area contributed by atoms with Crippen LogP contribution in [0.15, 0.2) is 41.3 Å². The monoisotopic (exact) mass is 331 g/mol. The summed E-state index contributed by atoms with van der Waals surface area (Å²) in [7, 11) is 0. The number of carbonyl (C=O) groups is 1. The van der Waals surface area contributed by atoms with Crippen LogP contribution in [-0.4, -0.2) is 28.4 Å². The van der Waals surface area contributed by atoms with Gasteiger partial charge in [0.25, 0.3) is 0 Å². The van der Waals surface area contributed by atoms with Crippen LogP contribution in [0.5, 0.6) is 0 Å². The van der Waals surface area contributed by atoms with Crippen molar-refractivity contribution in [2.24, 2.45) is 0 Å². The Kier molecular flexibility index (Phi) is 5.94. The number of hydrogen-bond acceptors (Lipinski definition) is 7. The number of rotatable bonds is 7. The first kappa shape index (κ1) is 16.0. The van der Waals surface area contributed by atoms with Crippen molar-refractivity contribution in [1.82, 2.24) is 10.2 Å². The van der Waals surface area contributed by atoms with Crippen LogP contribution in [0, 0.1) is 11.3 Å². The van der Waals surface area contributed by atoms with Gasteiger partial charge in [-0.05, 0) is 18.2 Å². The van der Waals surface area contributed by atoms with Crippen molar-refractivity contribution in [3.63, 3.8) is 0 Å². The largest absolute Gasteiger partial charge is 0.357 e. The second-order valence-corrected chi connectivity index (χ2v) is 6.27. The molecule has 0 fully saturated rings. The van der Waals surface area contributed by atoms with Gasteiger partial charge in [0.15, 0.2) is 4.34 Å². The first-order chi connectivity index (χ1) is 10.7. The Morgan fingerprint density at radius 2 is 2.36 bits per heavy atom. The third kappa shape index (κ3) is 4.87. The molecule has 0 aliphatic heterocycles. The highest BCUT2D eigenvalue weighted by atomic mass is 32.2. The Balaban J connectivity index is 1.83. The van der Waals surface area contributed by atoms with E-state index in [-0.39, 0.29) is 11.7 Å². The molecular formula is C14H13N5OS2. The zero-order chi connectivity index (χ0) is 15.8. The number of benzene rings is 1. The Hall–Kier alpha value is -2.37. The minimum atomic E-state index is -0.157. The molecule has 1 aromatic heterocycles. The van der Waals surface area contributed by atoms with E-state index in [0.29, 0.717) is 27.3 Å². The maximum Gasteiger partial charge on any atom is 0.234 e. The maximum atomic E-state index is 11.9. The summed E-state index contributed by atoms with van der Waals surface area (Å²) in [5.41, 5.74) is 1.11. The molecule has 0 saturated carbocycles. The first-order valence-corrected chi connectivity index (χ1v) is 8.12. The number of nitrogens with one attached hydrogen (secondary N) is 2. The van der Waals surface area contributed by atoms with Crippen molar-refractivity contribution in [3.05, 3.63) is 42.5 Å². The van der Waals surface area contributed by atoms with Gasteiger partial charge in [-0.15, -0.1) is 16.8 Å². The molecule has 0 radical (unpaired) electrons. The van der Waals surface area contributed by atoms with E-state index in [1.807, 2.05) is 6.07 Å². The molecule has 1 aromatic carbocycles. The summed E-state index contributed by atoms with van der Waals surface area (Å²) in [6, 6.07) is 8.81. The first-order valence-electron chi connectivity index (χ1n) is 6.32. The molecule has 0 aliphatic rings. The summed E-state index contributed by atoms with van der Waals surface area (Å²) in [5.74, 6) is 0.0725. The highest BCUT2D eigenvalue weighted by molar-refractivity contribution is 8.01. The van der Waals surface area contributed by atoms with Crippen molar-refractivity contribution in [1.29, 1.82) is 5.26 Å². The molecule has 0 aliphatic carbocycles. The van der Waals surface area contributed by atoms with E-state index in [1.54, 1.807) is 30.3 Å². The van der Waals surface area contributed by atoms with Gasteiger partial charge in [-0.1, -0.05) is 35.2 Å². The predicted octanol–water partition coefficient (Wildman–Crippen LogP) is 2.74. The highest BCUT2D eigenvalue weighted by Gasteiger charge is 2.08. The van der Waals surface area contributed by atoms with Gasteiger partial charge in [-0.2, -0.15) is 5.26 Å². The van der Waals surface area contributed by atoms with E-state index in [0.717, 1.165) is 0 Å². The van der Waals surface area contributed by atoms with Gasteiger partial charge in [0, 0.05) is 12.2 Å². The van der Waals surface area contributed by atoms with E-state index < -0.39 is 0 Å². The van der Waals surface area contributed by atoms with Gasteiger partial charge < -0.3 is 10.6 Å². The third-order valence-electron chi connectivity index (χ3n) is 2.41. The molecule has 0 saturated heterocycles. The lowest BCUT2D eigenvalue weighted by Gasteiger charge is -2.04. The van der Waals surface area contributed by atoms with Gasteiger partial charge in [-0.25, -0.2) is 0 Å². The average Bonchev–Trinajstić information content (AvgIpc) is 2.99. The molecule has 2 N–H and O–H groups in total. The molecule has 2 aromatic rings. The van der Waals surface area contributed by atoms with Crippen molar-refractivity contribution in [3.8, 4) is 6.07 Å². The Morgan fingerprint density at radius 3 is 3.14 bits per heavy atom. The number of anilines is 2. The fraction of sp³-hybridized carbons (Fsp3) is 0.143. The molecule has 0 unspecified atom stereocenters. The Morgan fingerprint density at radius 1 is 1.50 bits per heavy atom. The highest BCUT2D eigenvalue weighted by Crippen LogP contribution is 2.25. The minimum absolute atomic E-state index is 0.157. The minimum Gasteiger partial charge on any atom is -0.357 e. The van der Waals surface area contributed by atoms with Crippen LogP contribution in [0.25, 0.3) is 0 Å². The Labute approximate surface area is 136 Å². The van der Waals surface area contributed by atoms with Crippen LogP contribution in [0.4, 0.5) is 10.8 Å². The smallest absolute Gasteiger partial charge is 0.234 e. The van der Waals surface area contributed by atoms with Crippen LogP contribution >= 0.6 is 23.1 Å². The van der Waals surface area contributed by atoms with Crippen LogP contribution in [0.3, 0.4) is 0 Å². The van der Waals surface area contributed by atoms with Crippen molar-refractivity contribution in [2.75, 3.05) is 22.9 Å². The van der Waals surface area contributed by atoms with Crippen LogP contribution in [0.1, 0.15) is 5.56 Å². The van der Waals surface area contributed by atoms with Gasteiger partial charge in [0.05, 0.1) is 17.4 Å². The second-order valence-electron chi connectivity index (χ2n) is 4.07. The number of thioether (sulfide) groups is 1. The lowest BCUT2D eigenvalue weighted by molar-refractivity contribution is -0.113. The topological polar surface area (TPSA) is 90.7 Å². The average molecular weight is 331 g/mol. The summed E-state index contributed by atoms with van der Waals surface area (Å²) in [6.45, 7) is 4.23. The number of carbonyl (C=O) groups excluding carboxylic acids is 1. The molecule has 112 valence electrons. The zero-order valence-electron chi connectivity index (χ0n) is 11.6. The molecule has 22 heavy (non-hydrogen) atoms. The molecule has 6 nitrogen and oxygen atoms in total. The second kappa shape index (κ2) is 8.17. The summed E-state index contributed by atoms with van der Waals surface area (Å²) in [5, 5.41) is 23.2. The fourth-order valence-corrected chi connectivity index (χ4v) is 3.05. The maximum absolute atomic E-state index is 11.9. The zero-order valence-corrected chi connectivity index (χ0v) is 13.2. The van der Waals surface area contributed by atoms with E-state index in [2.05, 4.69) is 27.4 Å². The van der Waals surface area contributed by atoms with Crippen LogP contribution in [-0.2, 0) is 4.79 Å². The standard InChI is InChI=1S/C14H13N5OS2/c1-2-6-16-13-18-19-14(22-13)21-9-12(20)17-11-5-3-4-10(7-11)8-15/h2-5,7H,1,6,9H2,(H,16,18)(H,17,20). The molecule has 0 bridgehead atoms. The van der Waals surface area contributed by atoms with E-state index in [4.69, 9.17) is 5.26 Å². The quantitative estimate of drug-likeness (QED) is 0.599. The number of nitrogens with zero attached hydrogens (tertiary/aromatic N) is 3. The van der Waals surface area contributed by atoms with E-state index in [1.165, 1.54) is 23.1 Å². The molecule has 2 rings (SSSR count). The fourth-order valence-electron chi connectivity index (χ4n) is 1.49. The van der Waals surface area contributed by atoms with Crippen molar-refractivity contribution in [2.45, 2.75) is 4.34 Å². The van der Waals surface area contributed by atoms with E-state index >= 15 is 0 Å². The number of amides is 1. The van der Waals surface area contributed by atoms with Gasteiger partial charge in [-0.3, -0.25) is 4.79 Å². The summed E-state index contributed by atoms with van der Waals surface area (Å²) in [4.78, 5) is 11.9. The summed E-state index contributed by atoms with van der Waals surface area (Å²) in [6.07, 6.45) is 1.73. The predicted molar refractivity (Wildman–Crippen MR) is 89.1 cm³/mol. The SMILES string of the molecule is C=CCNc1nnc(SCC(=O)Nc2cccc(C#N)c2)s1. The molecule has 0 atom stereocenters.